The normalized spacial score (nSPS) is 10.6. The zero-order valence-corrected chi connectivity index (χ0v) is 12.2. The van der Waals surface area contributed by atoms with Gasteiger partial charge in [-0.1, -0.05) is 12.1 Å². The van der Waals surface area contributed by atoms with E-state index in [1.807, 2.05) is 0 Å². The van der Waals surface area contributed by atoms with Crippen LogP contribution in [0.4, 0.5) is 0 Å². The lowest BCUT2D eigenvalue weighted by Crippen LogP contribution is -1.94. The van der Waals surface area contributed by atoms with Crippen LogP contribution in [0.3, 0.4) is 0 Å². The number of benzene rings is 2. The molecule has 2 N–H and O–H groups in total. The summed E-state index contributed by atoms with van der Waals surface area (Å²) in [5, 5.41) is 18.9. The molecule has 0 radical (unpaired) electrons. The highest BCUT2D eigenvalue weighted by molar-refractivity contribution is 6.08. The van der Waals surface area contributed by atoms with Crippen LogP contribution < -0.4 is 9.47 Å². The molecule has 2 rings (SSSR count). The van der Waals surface area contributed by atoms with Gasteiger partial charge in [0.2, 0.25) is 0 Å². The quantitative estimate of drug-likeness (QED) is 0.655. The topological polar surface area (TPSA) is 76.0 Å². The molecule has 114 valence electrons. The second kappa shape index (κ2) is 6.67. The van der Waals surface area contributed by atoms with Crippen molar-refractivity contribution in [3.05, 3.63) is 53.6 Å². The van der Waals surface area contributed by atoms with Crippen molar-refractivity contribution in [3.63, 3.8) is 0 Å². The van der Waals surface area contributed by atoms with Gasteiger partial charge < -0.3 is 19.7 Å². The van der Waals surface area contributed by atoms with Crippen LogP contribution in [0.2, 0.25) is 0 Å². The van der Waals surface area contributed by atoms with Crippen LogP contribution in [0.25, 0.3) is 6.08 Å². The Labute approximate surface area is 128 Å². The molecular weight excluding hydrogens is 284 g/mol. The summed E-state index contributed by atoms with van der Waals surface area (Å²) in [6.45, 7) is 0. The second-order valence-electron chi connectivity index (χ2n) is 4.51. The molecule has 0 saturated carbocycles. The largest absolute Gasteiger partial charge is 0.508 e. The number of rotatable bonds is 5. The first-order valence-corrected chi connectivity index (χ1v) is 6.51. The van der Waals surface area contributed by atoms with Gasteiger partial charge in [-0.25, -0.2) is 0 Å². The minimum Gasteiger partial charge on any atom is -0.508 e. The Morgan fingerprint density at radius 2 is 1.73 bits per heavy atom. The smallest absolute Gasteiger partial charge is 0.189 e. The fourth-order valence-electron chi connectivity index (χ4n) is 1.95. The van der Waals surface area contributed by atoms with E-state index in [9.17, 15) is 15.0 Å². The Morgan fingerprint density at radius 1 is 1.00 bits per heavy atom. The molecule has 2 aromatic rings. The predicted octanol–water partition coefficient (Wildman–Crippen LogP) is 3.01. The van der Waals surface area contributed by atoms with Gasteiger partial charge in [-0.05, 0) is 35.9 Å². The Kier molecular flexibility index (Phi) is 4.68. The molecule has 0 fully saturated rings. The highest BCUT2D eigenvalue weighted by Crippen LogP contribution is 2.28. The van der Waals surface area contributed by atoms with Crippen molar-refractivity contribution in [2.24, 2.45) is 0 Å². The average Bonchev–Trinajstić information content (AvgIpc) is 2.52. The van der Waals surface area contributed by atoms with Gasteiger partial charge in [0.1, 0.15) is 11.5 Å². The van der Waals surface area contributed by atoms with Gasteiger partial charge in [0.25, 0.3) is 0 Å². The van der Waals surface area contributed by atoms with Gasteiger partial charge in [-0.3, -0.25) is 4.79 Å². The van der Waals surface area contributed by atoms with E-state index in [-0.39, 0.29) is 22.8 Å². The van der Waals surface area contributed by atoms with E-state index in [0.717, 1.165) is 11.6 Å². The molecule has 0 spiro atoms. The fraction of sp³-hybridized carbons (Fsp3) is 0.118. The molecule has 0 aliphatic heterocycles. The Hall–Kier alpha value is -2.95. The average molecular weight is 300 g/mol. The molecule has 5 heteroatoms. The monoisotopic (exact) mass is 300 g/mol. The molecule has 0 amide bonds. The number of aromatic hydroxyl groups is 2. The number of ether oxygens (including phenoxy) is 2. The standard InChI is InChI=1S/C17H16O5/c1-21-16-8-4-11(9-17(16)22-2)3-7-14(19)13-6-5-12(18)10-15(13)20/h3-10,18,20H,1-2H3. The SMILES string of the molecule is COc1ccc(C=CC(=O)c2ccc(O)cc2O)cc1OC. The van der Waals surface area contributed by atoms with E-state index >= 15 is 0 Å². The summed E-state index contributed by atoms with van der Waals surface area (Å²) in [5.41, 5.74) is 0.874. The molecule has 0 saturated heterocycles. The minimum atomic E-state index is -0.368. The summed E-state index contributed by atoms with van der Waals surface area (Å²) < 4.78 is 10.3. The van der Waals surface area contributed by atoms with E-state index in [1.165, 1.54) is 25.3 Å². The maximum absolute atomic E-state index is 12.0. The number of methoxy groups -OCH3 is 2. The maximum atomic E-state index is 12.0. The first-order valence-electron chi connectivity index (χ1n) is 6.51. The van der Waals surface area contributed by atoms with Crippen molar-refractivity contribution in [2.75, 3.05) is 14.2 Å². The van der Waals surface area contributed by atoms with Crippen molar-refractivity contribution in [2.45, 2.75) is 0 Å². The van der Waals surface area contributed by atoms with E-state index in [4.69, 9.17) is 9.47 Å². The van der Waals surface area contributed by atoms with Crippen molar-refractivity contribution >= 4 is 11.9 Å². The lowest BCUT2D eigenvalue weighted by Gasteiger charge is -2.07. The van der Waals surface area contributed by atoms with Crippen LogP contribution in [-0.4, -0.2) is 30.2 Å². The van der Waals surface area contributed by atoms with Gasteiger partial charge in [-0.15, -0.1) is 0 Å². The minimum absolute atomic E-state index is 0.0991. The maximum Gasteiger partial charge on any atom is 0.189 e. The zero-order chi connectivity index (χ0) is 16.1. The fourth-order valence-corrected chi connectivity index (χ4v) is 1.95. The van der Waals surface area contributed by atoms with Crippen molar-refractivity contribution < 1.29 is 24.5 Å². The molecule has 22 heavy (non-hydrogen) atoms. The van der Waals surface area contributed by atoms with Crippen LogP contribution in [0.15, 0.2) is 42.5 Å². The lowest BCUT2D eigenvalue weighted by atomic mass is 10.1. The van der Waals surface area contributed by atoms with Gasteiger partial charge in [0, 0.05) is 6.07 Å². The second-order valence-corrected chi connectivity index (χ2v) is 4.51. The number of carbonyl (C=O) groups is 1. The third kappa shape index (κ3) is 3.38. The number of phenols is 2. The number of hydrogen-bond donors (Lipinski definition) is 2. The van der Waals surface area contributed by atoms with Gasteiger partial charge in [0.05, 0.1) is 19.8 Å². The lowest BCUT2D eigenvalue weighted by molar-refractivity contribution is 0.104. The summed E-state index contributed by atoms with van der Waals surface area (Å²) >= 11 is 0. The molecular formula is C17H16O5. The predicted molar refractivity (Wildman–Crippen MR) is 82.7 cm³/mol. The van der Waals surface area contributed by atoms with E-state index in [1.54, 1.807) is 31.4 Å². The molecule has 2 aromatic carbocycles. The van der Waals surface area contributed by atoms with Crippen LogP contribution in [0.1, 0.15) is 15.9 Å². The van der Waals surface area contributed by atoms with Crippen LogP contribution in [-0.2, 0) is 0 Å². The van der Waals surface area contributed by atoms with Crippen LogP contribution in [0.5, 0.6) is 23.0 Å². The van der Waals surface area contributed by atoms with Crippen molar-refractivity contribution in [1.82, 2.24) is 0 Å². The molecule has 0 aliphatic carbocycles. The van der Waals surface area contributed by atoms with E-state index in [2.05, 4.69) is 0 Å². The van der Waals surface area contributed by atoms with Crippen LogP contribution in [0, 0.1) is 0 Å². The number of allylic oxidation sites excluding steroid dienone is 1. The molecule has 0 unspecified atom stereocenters. The summed E-state index contributed by atoms with van der Waals surface area (Å²) in [5.74, 6) is 0.430. The summed E-state index contributed by atoms with van der Waals surface area (Å²) in [6.07, 6.45) is 2.95. The number of phenolic OH excluding ortho intramolecular Hbond substituents is 2. The first-order chi connectivity index (χ1) is 10.5. The Balaban J connectivity index is 2.22. The number of carbonyl (C=O) groups excluding carboxylic acids is 1. The zero-order valence-electron chi connectivity index (χ0n) is 12.2. The molecule has 0 aliphatic rings. The number of hydrogen-bond acceptors (Lipinski definition) is 5. The molecule has 0 aromatic heterocycles. The summed E-state index contributed by atoms with van der Waals surface area (Å²) in [4.78, 5) is 12.0. The first kappa shape index (κ1) is 15.4. The van der Waals surface area contributed by atoms with Gasteiger partial charge >= 0.3 is 0 Å². The van der Waals surface area contributed by atoms with Gasteiger partial charge in [-0.2, -0.15) is 0 Å². The Bertz CT molecular complexity index is 719. The highest BCUT2D eigenvalue weighted by atomic mass is 16.5. The molecule has 5 nitrogen and oxygen atoms in total. The van der Waals surface area contributed by atoms with E-state index < -0.39 is 0 Å². The van der Waals surface area contributed by atoms with E-state index in [0.29, 0.717) is 11.5 Å². The molecule has 0 bridgehead atoms. The van der Waals surface area contributed by atoms with Crippen molar-refractivity contribution in [3.8, 4) is 23.0 Å². The third-order valence-corrected chi connectivity index (χ3v) is 3.08. The Morgan fingerprint density at radius 3 is 2.36 bits per heavy atom. The highest BCUT2D eigenvalue weighted by Gasteiger charge is 2.09. The number of ketones is 1. The summed E-state index contributed by atoms with van der Waals surface area (Å²) in [7, 11) is 3.08. The van der Waals surface area contributed by atoms with Crippen molar-refractivity contribution in [1.29, 1.82) is 0 Å². The third-order valence-electron chi connectivity index (χ3n) is 3.08. The van der Waals surface area contributed by atoms with Crippen LogP contribution >= 0.6 is 0 Å². The summed E-state index contributed by atoms with van der Waals surface area (Å²) in [6, 6.07) is 9.09. The molecule has 0 heterocycles. The molecule has 0 atom stereocenters. The van der Waals surface area contributed by atoms with Gasteiger partial charge in [0.15, 0.2) is 17.3 Å².